The molecular formula is C21H23ClN2O4S. The SMILES string of the molecule is COc1cc(S(=O)(=O)c2cccc(O)c2)cc2c3c(n(C)c12)CC1CCC3N1.Cl. The van der Waals surface area contributed by atoms with Gasteiger partial charge in [-0.25, -0.2) is 8.42 Å². The van der Waals surface area contributed by atoms with E-state index in [-0.39, 0.29) is 34.0 Å². The number of aromatic nitrogens is 1. The summed E-state index contributed by atoms with van der Waals surface area (Å²) in [6, 6.07) is 9.84. The first-order valence-corrected chi connectivity index (χ1v) is 10.9. The third kappa shape index (κ3) is 2.91. The minimum atomic E-state index is -3.79. The molecule has 154 valence electrons. The molecule has 2 bridgehead atoms. The van der Waals surface area contributed by atoms with Crippen molar-refractivity contribution in [1.29, 1.82) is 0 Å². The second kappa shape index (κ2) is 6.93. The number of aryl methyl sites for hydroxylation is 1. The summed E-state index contributed by atoms with van der Waals surface area (Å²) in [7, 11) is -0.195. The number of hydrogen-bond acceptors (Lipinski definition) is 5. The Morgan fingerprint density at radius 1 is 1.17 bits per heavy atom. The second-order valence-corrected chi connectivity index (χ2v) is 9.59. The standard InChI is InChI=1S/C21H22N2O4S.ClH/c1-23-18-8-12-6-7-17(22-12)20(18)16-10-15(11-19(27-2)21(16)23)28(25,26)14-5-3-4-13(24)9-14;/h3-5,9-12,17,22,24H,6-8H2,1-2H3;1H. The van der Waals surface area contributed by atoms with Gasteiger partial charge in [0.2, 0.25) is 9.84 Å². The Kier molecular flexibility index (Phi) is 4.80. The van der Waals surface area contributed by atoms with Gasteiger partial charge >= 0.3 is 0 Å². The molecule has 0 amide bonds. The molecular weight excluding hydrogens is 412 g/mol. The fourth-order valence-corrected chi connectivity index (χ4v) is 6.12. The van der Waals surface area contributed by atoms with Gasteiger partial charge in [-0.15, -0.1) is 12.4 Å². The van der Waals surface area contributed by atoms with Gasteiger partial charge in [0.05, 0.1) is 22.4 Å². The Morgan fingerprint density at radius 2 is 1.97 bits per heavy atom. The number of sulfone groups is 1. The Labute approximate surface area is 175 Å². The summed E-state index contributed by atoms with van der Waals surface area (Å²) in [5.74, 6) is 0.469. The van der Waals surface area contributed by atoms with E-state index in [1.807, 2.05) is 7.05 Å². The van der Waals surface area contributed by atoms with Crippen LogP contribution in [0.1, 0.15) is 30.1 Å². The quantitative estimate of drug-likeness (QED) is 0.659. The van der Waals surface area contributed by atoms with Crippen molar-refractivity contribution in [2.24, 2.45) is 7.05 Å². The van der Waals surface area contributed by atoms with Crippen LogP contribution in [0.25, 0.3) is 10.9 Å². The maximum Gasteiger partial charge on any atom is 0.206 e. The van der Waals surface area contributed by atoms with Gasteiger partial charge in [-0.1, -0.05) is 6.07 Å². The summed E-state index contributed by atoms with van der Waals surface area (Å²) in [5, 5.41) is 14.3. The summed E-state index contributed by atoms with van der Waals surface area (Å²) < 4.78 is 34.2. The highest BCUT2D eigenvalue weighted by Gasteiger charge is 2.37. The van der Waals surface area contributed by atoms with Crippen molar-refractivity contribution < 1.29 is 18.3 Å². The van der Waals surface area contributed by atoms with Crippen molar-refractivity contribution in [3.05, 3.63) is 47.7 Å². The molecule has 2 atom stereocenters. The zero-order valence-electron chi connectivity index (χ0n) is 16.2. The van der Waals surface area contributed by atoms with Crippen LogP contribution in [0.4, 0.5) is 0 Å². The van der Waals surface area contributed by atoms with Gasteiger partial charge < -0.3 is 19.7 Å². The number of fused-ring (bicyclic) bond motifs is 6. The van der Waals surface area contributed by atoms with Crippen molar-refractivity contribution in [2.45, 2.75) is 41.1 Å². The van der Waals surface area contributed by atoms with E-state index in [9.17, 15) is 13.5 Å². The van der Waals surface area contributed by atoms with Gasteiger partial charge in [0.25, 0.3) is 0 Å². The first-order chi connectivity index (χ1) is 13.4. The third-order valence-electron chi connectivity index (χ3n) is 6.08. The van der Waals surface area contributed by atoms with Gasteiger partial charge in [-0.3, -0.25) is 0 Å². The second-order valence-electron chi connectivity index (χ2n) is 7.64. The molecule has 0 radical (unpaired) electrons. The largest absolute Gasteiger partial charge is 0.508 e. The zero-order chi connectivity index (χ0) is 19.6. The molecule has 0 saturated carbocycles. The molecule has 2 unspecified atom stereocenters. The van der Waals surface area contributed by atoms with Crippen molar-refractivity contribution in [2.75, 3.05) is 7.11 Å². The molecule has 1 aromatic heterocycles. The molecule has 6 nitrogen and oxygen atoms in total. The summed E-state index contributed by atoms with van der Waals surface area (Å²) >= 11 is 0. The van der Waals surface area contributed by atoms with E-state index in [2.05, 4.69) is 9.88 Å². The predicted octanol–water partition coefficient (Wildman–Crippen LogP) is 3.50. The summed E-state index contributed by atoms with van der Waals surface area (Å²) in [6.45, 7) is 0. The highest BCUT2D eigenvalue weighted by atomic mass is 35.5. The lowest BCUT2D eigenvalue weighted by Crippen LogP contribution is -2.32. The summed E-state index contributed by atoms with van der Waals surface area (Å²) in [4.78, 5) is 0.244. The molecule has 2 N–H and O–H groups in total. The van der Waals surface area contributed by atoms with Crippen molar-refractivity contribution in [3.63, 3.8) is 0 Å². The monoisotopic (exact) mass is 434 g/mol. The molecule has 5 rings (SSSR count). The molecule has 3 aromatic rings. The number of aromatic hydroxyl groups is 1. The molecule has 2 aliphatic heterocycles. The molecule has 3 heterocycles. The number of ether oxygens (including phenoxy) is 1. The number of nitrogens with one attached hydrogen (secondary N) is 1. The molecule has 2 aromatic carbocycles. The van der Waals surface area contributed by atoms with E-state index in [0.717, 1.165) is 30.2 Å². The van der Waals surface area contributed by atoms with Gasteiger partial charge in [0.1, 0.15) is 11.5 Å². The molecule has 2 aliphatic rings. The van der Waals surface area contributed by atoms with E-state index in [4.69, 9.17) is 4.74 Å². The average Bonchev–Trinajstić information content (AvgIpc) is 3.20. The Balaban J connectivity index is 0.00000205. The Morgan fingerprint density at radius 3 is 2.69 bits per heavy atom. The van der Waals surface area contributed by atoms with Crippen LogP contribution in [0.15, 0.2) is 46.2 Å². The van der Waals surface area contributed by atoms with Gasteiger partial charge in [-0.05, 0) is 42.7 Å². The van der Waals surface area contributed by atoms with Crippen LogP contribution in [-0.4, -0.2) is 31.2 Å². The minimum Gasteiger partial charge on any atom is -0.508 e. The highest BCUT2D eigenvalue weighted by molar-refractivity contribution is 7.91. The molecule has 0 spiro atoms. The van der Waals surface area contributed by atoms with Crippen LogP contribution in [-0.2, 0) is 23.3 Å². The van der Waals surface area contributed by atoms with Crippen LogP contribution in [0, 0.1) is 0 Å². The lowest BCUT2D eigenvalue weighted by molar-refractivity contribution is 0.416. The van der Waals surface area contributed by atoms with Crippen molar-refractivity contribution in [3.8, 4) is 11.5 Å². The number of rotatable bonds is 3. The van der Waals surface area contributed by atoms with E-state index < -0.39 is 9.84 Å². The smallest absolute Gasteiger partial charge is 0.206 e. The fourth-order valence-electron chi connectivity index (χ4n) is 4.78. The number of methoxy groups -OCH3 is 1. The lowest BCUT2D eigenvalue weighted by Gasteiger charge is -2.23. The van der Waals surface area contributed by atoms with Gasteiger partial charge in [0, 0.05) is 42.7 Å². The highest BCUT2D eigenvalue weighted by Crippen LogP contribution is 2.45. The molecule has 1 fully saturated rings. The first-order valence-electron chi connectivity index (χ1n) is 9.39. The van der Waals surface area contributed by atoms with Crippen LogP contribution in [0.5, 0.6) is 11.5 Å². The number of hydrogen-bond donors (Lipinski definition) is 2. The number of benzene rings is 2. The number of nitrogens with zero attached hydrogens (tertiary/aromatic N) is 1. The number of halogens is 1. The predicted molar refractivity (Wildman–Crippen MR) is 113 cm³/mol. The lowest BCUT2D eigenvalue weighted by atomic mass is 9.99. The third-order valence-corrected chi connectivity index (χ3v) is 7.81. The van der Waals surface area contributed by atoms with E-state index in [1.165, 1.54) is 35.5 Å². The first kappa shape index (κ1) is 20.1. The van der Waals surface area contributed by atoms with Crippen LogP contribution >= 0.6 is 12.4 Å². The Bertz CT molecular complexity index is 1220. The van der Waals surface area contributed by atoms with Crippen LogP contribution < -0.4 is 10.1 Å². The minimum absolute atomic E-state index is 0. The zero-order valence-corrected chi connectivity index (χ0v) is 17.8. The van der Waals surface area contributed by atoms with Gasteiger partial charge in [0.15, 0.2) is 0 Å². The topological polar surface area (TPSA) is 80.6 Å². The fraction of sp³-hybridized carbons (Fsp3) is 0.333. The van der Waals surface area contributed by atoms with Crippen molar-refractivity contribution >= 4 is 33.1 Å². The molecule has 1 saturated heterocycles. The molecule has 29 heavy (non-hydrogen) atoms. The van der Waals surface area contributed by atoms with Gasteiger partial charge in [-0.2, -0.15) is 0 Å². The van der Waals surface area contributed by atoms with E-state index in [1.54, 1.807) is 19.2 Å². The molecule has 0 aliphatic carbocycles. The summed E-state index contributed by atoms with van der Waals surface area (Å²) in [5.41, 5.74) is 3.38. The Hall–Kier alpha value is -2.22. The average molecular weight is 435 g/mol. The number of phenols is 1. The van der Waals surface area contributed by atoms with E-state index in [0.29, 0.717) is 11.8 Å². The van der Waals surface area contributed by atoms with E-state index >= 15 is 0 Å². The van der Waals surface area contributed by atoms with Crippen molar-refractivity contribution in [1.82, 2.24) is 9.88 Å². The van der Waals surface area contributed by atoms with Crippen LogP contribution in [0.3, 0.4) is 0 Å². The van der Waals surface area contributed by atoms with Crippen LogP contribution in [0.2, 0.25) is 0 Å². The summed E-state index contributed by atoms with van der Waals surface area (Å²) in [6.07, 6.45) is 3.14. The number of phenolic OH excluding ortho intramolecular Hbond substituents is 1. The maximum absolute atomic E-state index is 13.2. The normalized spacial score (nSPS) is 20.3. The molecule has 8 heteroatoms. The maximum atomic E-state index is 13.2.